The molecule has 158 valence electrons. The van der Waals surface area contributed by atoms with Crippen molar-refractivity contribution in [3.05, 3.63) is 83.0 Å². The molecule has 0 saturated heterocycles. The number of amides is 1. The van der Waals surface area contributed by atoms with Crippen molar-refractivity contribution in [2.24, 2.45) is 0 Å². The van der Waals surface area contributed by atoms with Crippen LogP contribution in [0.3, 0.4) is 0 Å². The number of carbonyl (C=O) groups excluding carboxylic acids is 1. The third-order valence-electron chi connectivity index (χ3n) is 4.72. The number of carbonyl (C=O) groups is 1. The maximum absolute atomic E-state index is 14.5. The van der Waals surface area contributed by atoms with Gasteiger partial charge in [-0.3, -0.25) is 4.79 Å². The highest BCUT2D eigenvalue weighted by Crippen LogP contribution is 2.19. The van der Waals surface area contributed by atoms with Crippen LogP contribution in [-0.2, 0) is 17.8 Å². The molecule has 0 saturated carbocycles. The lowest BCUT2D eigenvalue weighted by molar-refractivity contribution is -0.121. The third kappa shape index (κ3) is 4.97. The highest BCUT2D eigenvalue weighted by Gasteiger charge is 2.12. The van der Waals surface area contributed by atoms with Crippen molar-refractivity contribution >= 4 is 17.5 Å². The van der Waals surface area contributed by atoms with Crippen LogP contribution in [-0.4, -0.2) is 25.6 Å². The lowest BCUT2D eigenvalue weighted by Crippen LogP contribution is -2.23. The Hall–Kier alpha value is -3.52. The van der Waals surface area contributed by atoms with Crippen LogP contribution >= 0.6 is 11.6 Å². The predicted molar refractivity (Wildman–Crippen MR) is 113 cm³/mol. The molecule has 1 amide bonds. The van der Waals surface area contributed by atoms with E-state index in [1.54, 1.807) is 60.3 Å². The summed E-state index contributed by atoms with van der Waals surface area (Å²) in [6.45, 7) is 2.02. The van der Waals surface area contributed by atoms with Crippen molar-refractivity contribution in [1.82, 2.24) is 25.0 Å². The van der Waals surface area contributed by atoms with Gasteiger partial charge in [0.25, 0.3) is 0 Å². The minimum atomic E-state index is -0.381. The van der Waals surface area contributed by atoms with E-state index in [1.807, 2.05) is 0 Å². The summed E-state index contributed by atoms with van der Waals surface area (Å²) in [5, 5.41) is 7.32. The van der Waals surface area contributed by atoms with Gasteiger partial charge in [0.1, 0.15) is 11.6 Å². The first-order valence-electron chi connectivity index (χ1n) is 9.63. The zero-order valence-corrected chi connectivity index (χ0v) is 17.4. The molecular weight excluding hydrogens is 421 g/mol. The van der Waals surface area contributed by atoms with Gasteiger partial charge >= 0.3 is 0 Å². The highest BCUT2D eigenvalue weighted by atomic mass is 35.5. The SMILES string of the molecule is Cc1nccn1-c1ccc(CNC(=O)CCc2nc(-c3ccc(Cl)cc3)no2)cc1F. The van der Waals surface area contributed by atoms with Crippen LogP contribution < -0.4 is 5.32 Å². The van der Waals surface area contributed by atoms with E-state index in [1.165, 1.54) is 6.07 Å². The molecule has 0 fully saturated rings. The molecule has 0 bridgehead atoms. The molecule has 1 N–H and O–H groups in total. The van der Waals surface area contributed by atoms with E-state index in [9.17, 15) is 9.18 Å². The van der Waals surface area contributed by atoms with Crippen LogP contribution in [0.15, 0.2) is 59.4 Å². The summed E-state index contributed by atoms with van der Waals surface area (Å²) in [7, 11) is 0. The molecule has 0 aliphatic carbocycles. The van der Waals surface area contributed by atoms with Crippen LogP contribution in [0.1, 0.15) is 23.7 Å². The maximum atomic E-state index is 14.5. The van der Waals surface area contributed by atoms with E-state index in [2.05, 4.69) is 20.4 Å². The fourth-order valence-electron chi connectivity index (χ4n) is 3.07. The standard InChI is InChI=1S/C22H19ClFN5O2/c1-14-25-10-11-29(14)19-7-2-15(12-18(19)24)13-26-20(30)8-9-21-27-22(28-31-21)16-3-5-17(23)6-4-16/h2-7,10-12H,8-9,13H2,1H3,(H,26,30). The predicted octanol–water partition coefficient (Wildman–Crippen LogP) is 4.27. The topological polar surface area (TPSA) is 85.8 Å². The third-order valence-corrected chi connectivity index (χ3v) is 4.98. The van der Waals surface area contributed by atoms with E-state index in [0.717, 1.165) is 5.56 Å². The number of nitrogens with one attached hydrogen (secondary N) is 1. The minimum Gasteiger partial charge on any atom is -0.352 e. The number of aryl methyl sites for hydroxylation is 2. The van der Waals surface area contributed by atoms with Gasteiger partial charge in [-0.05, 0) is 48.9 Å². The van der Waals surface area contributed by atoms with Gasteiger partial charge in [0.2, 0.25) is 17.6 Å². The number of aromatic nitrogens is 4. The molecule has 0 atom stereocenters. The summed E-state index contributed by atoms with van der Waals surface area (Å²) in [5.41, 5.74) is 1.85. The summed E-state index contributed by atoms with van der Waals surface area (Å²) < 4.78 is 21.3. The Balaban J connectivity index is 1.29. The average molecular weight is 440 g/mol. The van der Waals surface area contributed by atoms with Crippen molar-refractivity contribution < 1.29 is 13.7 Å². The van der Waals surface area contributed by atoms with E-state index in [-0.39, 0.29) is 24.7 Å². The minimum absolute atomic E-state index is 0.178. The van der Waals surface area contributed by atoms with Crippen LogP contribution in [0.2, 0.25) is 5.02 Å². The lowest BCUT2D eigenvalue weighted by Gasteiger charge is -2.09. The first-order chi connectivity index (χ1) is 15.0. The number of hydrogen-bond donors (Lipinski definition) is 1. The monoisotopic (exact) mass is 439 g/mol. The zero-order chi connectivity index (χ0) is 21.8. The van der Waals surface area contributed by atoms with Crippen molar-refractivity contribution in [3.63, 3.8) is 0 Å². The smallest absolute Gasteiger partial charge is 0.227 e. The first-order valence-corrected chi connectivity index (χ1v) is 10.0. The molecule has 31 heavy (non-hydrogen) atoms. The summed E-state index contributed by atoms with van der Waals surface area (Å²) in [5.74, 6) is 0.928. The first kappa shape index (κ1) is 20.7. The maximum Gasteiger partial charge on any atom is 0.227 e. The Kier molecular flexibility index (Phi) is 6.08. The van der Waals surface area contributed by atoms with Crippen LogP contribution in [0.5, 0.6) is 0 Å². The normalized spacial score (nSPS) is 10.9. The number of rotatable bonds is 7. The van der Waals surface area contributed by atoms with Crippen molar-refractivity contribution in [2.45, 2.75) is 26.3 Å². The molecule has 4 aromatic rings. The molecule has 0 aliphatic heterocycles. The molecule has 2 heterocycles. The zero-order valence-electron chi connectivity index (χ0n) is 16.7. The van der Waals surface area contributed by atoms with Crippen LogP contribution in [0.25, 0.3) is 17.1 Å². The van der Waals surface area contributed by atoms with E-state index >= 15 is 0 Å². The number of hydrogen-bond acceptors (Lipinski definition) is 5. The molecule has 2 aromatic heterocycles. The summed E-state index contributed by atoms with van der Waals surface area (Å²) >= 11 is 5.88. The average Bonchev–Trinajstić information content (AvgIpc) is 3.40. The molecule has 7 nitrogen and oxygen atoms in total. The van der Waals surface area contributed by atoms with Gasteiger partial charge in [0.15, 0.2) is 0 Å². The van der Waals surface area contributed by atoms with Gasteiger partial charge < -0.3 is 14.4 Å². The Morgan fingerprint density at radius 2 is 2.03 bits per heavy atom. The van der Waals surface area contributed by atoms with E-state index in [4.69, 9.17) is 16.1 Å². The highest BCUT2D eigenvalue weighted by molar-refractivity contribution is 6.30. The van der Waals surface area contributed by atoms with E-state index in [0.29, 0.717) is 40.2 Å². The van der Waals surface area contributed by atoms with Gasteiger partial charge in [-0.15, -0.1) is 0 Å². The summed E-state index contributed by atoms with van der Waals surface area (Å²) in [4.78, 5) is 20.6. The second-order valence-corrected chi connectivity index (χ2v) is 7.36. The molecule has 4 rings (SSSR count). The van der Waals surface area contributed by atoms with Gasteiger partial charge in [-0.2, -0.15) is 4.98 Å². The van der Waals surface area contributed by atoms with Crippen LogP contribution in [0, 0.1) is 12.7 Å². The fourth-order valence-corrected chi connectivity index (χ4v) is 3.20. The largest absolute Gasteiger partial charge is 0.352 e. The summed E-state index contributed by atoms with van der Waals surface area (Å²) in [6, 6.07) is 11.9. The number of benzene rings is 2. The molecule has 0 radical (unpaired) electrons. The van der Waals surface area contributed by atoms with Crippen LogP contribution in [0.4, 0.5) is 4.39 Å². The Labute approximate surface area is 182 Å². The van der Waals surface area contributed by atoms with E-state index < -0.39 is 0 Å². The van der Waals surface area contributed by atoms with Gasteiger partial charge in [-0.25, -0.2) is 9.37 Å². The number of halogens is 2. The lowest BCUT2D eigenvalue weighted by atomic mass is 10.2. The summed E-state index contributed by atoms with van der Waals surface area (Å²) in [6.07, 6.45) is 3.80. The van der Waals surface area contributed by atoms with Gasteiger partial charge in [0, 0.05) is 42.4 Å². The van der Waals surface area contributed by atoms with Gasteiger partial charge in [-0.1, -0.05) is 22.8 Å². The second-order valence-electron chi connectivity index (χ2n) is 6.93. The number of nitrogens with zero attached hydrogens (tertiary/aromatic N) is 4. The molecule has 2 aromatic carbocycles. The Morgan fingerprint density at radius 1 is 1.23 bits per heavy atom. The molecule has 9 heteroatoms. The van der Waals surface area contributed by atoms with Gasteiger partial charge in [0.05, 0.1) is 5.69 Å². The van der Waals surface area contributed by atoms with Crippen molar-refractivity contribution in [3.8, 4) is 17.1 Å². The molecular formula is C22H19ClFN5O2. The van der Waals surface area contributed by atoms with Crippen molar-refractivity contribution in [1.29, 1.82) is 0 Å². The second kappa shape index (κ2) is 9.09. The molecule has 0 spiro atoms. The Bertz CT molecular complexity index is 1200. The van der Waals surface area contributed by atoms with Crippen molar-refractivity contribution in [2.75, 3.05) is 0 Å². The Morgan fingerprint density at radius 3 is 2.74 bits per heavy atom. The molecule has 0 aliphatic rings. The fraction of sp³-hybridized carbons (Fsp3) is 0.182. The number of imidazole rings is 1. The molecule has 0 unspecified atom stereocenters. The quantitative estimate of drug-likeness (QED) is 0.464.